The lowest BCUT2D eigenvalue weighted by atomic mass is 9.86. The van der Waals surface area contributed by atoms with Gasteiger partial charge in [0.25, 0.3) is 0 Å². The SMILES string of the molecule is N[C@@H]1[C@H](O)[C@H](O)[C@H](N)[C@@H](O)CC[C@H]1O. The number of aliphatic hydroxyl groups excluding tert-OH is 4. The quantitative estimate of drug-likeness (QED) is 0.248. The maximum absolute atomic E-state index is 9.48. The molecule has 6 nitrogen and oxygen atoms in total. The van der Waals surface area contributed by atoms with Crippen LogP contribution in [0.5, 0.6) is 0 Å². The predicted octanol–water partition coefficient (Wildman–Crippen LogP) is -3.12. The first-order chi connectivity index (χ1) is 6.45. The van der Waals surface area contributed by atoms with Crippen molar-refractivity contribution in [3.8, 4) is 0 Å². The summed E-state index contributed by atoms with van der Waals surface area (Å²) in [6, 6.07) is -1.85. The zero-order valence-electron chi connectivity index (χ0n) is 7.82. The van der Waals surface area contributed by atoms with Crippen molar-refractivity contribution in [1.82, 2.24) is 0 Å². The van der Waals surface area contributed by atoms with Crippen molar-refractivity contribution in [3.63, 3.8) is 0 Å². The molecule has 14 heavy (non-hydrogen) atoms. The van der Waals surface area contributed by atoms with Crippen LogP contribution in [0, 0.1) is 0 Å². The van der Waals surface area contributed by atoms with Gasteiger partial charge in [-0.15, -0.1) is 0 Å². The molecule has 1 aliphatic carbocycles. The molecule has 0 bridgehead atoms. The second-order valence-electron chi connectivity index (χ2n) is 3.85. The highest BCUT2D eigenvalue weighted by molar-refractivity contribution is 4.94. The lowest BCUT2D eigenvalue weighted by Crippen LogP contribution is -2.60. The summed E-state index contributed by atoms with van der Waals surface area (Å²) in [4.78, 5) is 0. The Morgan fingerprint density at radius 1 is 0.714 bits per heavy atom. The van der Waals surface area contributed by atoms with Crippen molar-refractivity contribution < 1.29 is 20.4 Å². The van der Waals surface area contributed by atoms with E-state index >= 15 is 0 Å². The van der Waals surface area contributed by atoms with E-state index in [2.05, 4.69) is 0 Å². The summed E-state index contributed by atoms with van der Waals surface area (Å²) >= 11 is 0. The summed E-state index contributed by atoms with van der Waals surface area (Å²) in [5, 5.41) is 37.8. The Hall–Kier alpha value is -0.240. The van der Waals surface area contributed by atoms with E-state index in [9.17, 15) is 20.4 Å². The molecule has 0 unspecified atom stereocenters. The summed E-state index contributed by atoms with van der Waals surface area (Å²) in [6.07, 6.45) is -3.95. The van der Waals surface area contributed by atoms with E-state index in [0.29, 0.717) is 0 Å². The van der Waals surface area contributed by atoms with Crippen LogP contribution in [-0.2, 0) is 0 Å². The molecule has 1 rings (SSSR count). The average Bonchev–Trinajstić information content (AvgIpc) is 2.19. The van der Waals surface area contributed by atoms with Gasteiger partial charge in [0.15, 0.2) is 0 Å². The van der Waals surface area contributed by atoms with Crippen LogP contribution >= 0.6 is 0 Å². The van der Waals surface area contributed by atoms with Crippen LogP contribution in [0.15, 0.2) is 0 Å². The zero-order chi connectivity index (χ0) is 10.9. The lowest BCUT2D eigenvalue weighted by molar-refractivity contribution is -0.0750. The topological polar surface area (TPSA) is 133 Å². The number of hydrogen-bond acceptors (Lipinski definition) is 6. The molecule has 0 aliphatic heterocycles. The Kier molecular flexibility index (Phi) is 3.82. The van der Waals surface area contributed by atoms with Gasteiger partial charge in [0.05, 0.1) is 36.5 Å². The summed E-state index contributed by atoms with van der Waals surface area (Å²) in [5.41, 5.74) is 11.0. The van der Waals surface area contributed by atoms with Crippen LogP contribution in [0.2, 0.25) is 0 Å². The first-order valence-electron chi connectivity index (χ1n) is 4.68. The maximum atomic E-state index is 9.48. The molecule has 0 spiro atoms. The number of hydrogen-bond donors (Lipinski definition) is 6. The van der Waals surface area contributed by atoms with Gasteiger partial charge in [0.1, 0.15) is 0 Å². The molecule has 0 aromatic rings. The normalized spacial score (nSPS) is 51.0. The van der Waals surface area contributed by atoms with Crippen molar-refractivity contribution in [2.45, 2.75) is 49.3 Å². The third kappa shape index (κ3) is 2.22. The fourth-order valence-electron chi connectivity index (χ4n) is 1.64. The summed E-state index contributed by atoms with van der Waals surface area (Å²) in [5.74, 6) is 0. The van der Waals surface area contributed by atoms with Gasteiger partial charge in [-0.3, -0.25) is 0 Å². The molecule has 1 fully saturated rings. The van der Waals surface area contributed by atoms with E-state index in [-0.39, 0.29) is 12.8 Å². The van der Waals surface area contributed by atoms with Crippen molar-refractivity contribution in [1.29, 1.82) is 0 Å². The molecule has 0 aromatic carbocycles. The van der Waals surface area contributed by atoms with Crippen molar-refractivity contribution >= 4 is 0 Å². The molecule has 84 valence electrons. The van der Waals surface area contributed by atoms with Gasteiger partial charge < -0.3 is 31.9 Å². The minimum Gasteiger partial charge on any atom is -0.391 e. The Bertz CT molecular complexity index is 172. The predicted molar refractivity (Wildman–Crippen MR) is 49.2 cm³/mol. The van der Waals surface area contributed by atoms with Crippen molar-refractivity contribution in [3.05, 3.63) is 0 Å². The van der Waals surface area contributed by atoms with Crippen LogP contribution in [0.4, 0.5) is 0 Å². The molecule has 0 heterocycles. The van der Waals surface area contributed by atoms with Crippen molar-refractivity contribution in [2.75, 3.05) is 0 Å². The lowest BCUT2D eigenvalue weighted by Gasteiger charge is -2.35. The van der Waals surface area contributed by atoms with Crippen LogP contribution < -0.4 is 11.5 Å². The fourth-order valence-corrected chi connectivity index (χ4v) is 1.64. The largest absolute Gasteiger partial charge is 0.391 e. The second kappa shape index (κ2) is 4.52. The summed E-state index contributed by atoms with van der Waals surface area (Å²) < 4.78 is 0. The van der Waals surface area contributed by atoms with E-state index in [1.165, 1.54) is 0 Å². The highest BCUT2D eigenvalue weighted by Crippen LogP contribution is 2.17. The smallest absolute Gasteiger partial charge is 0.0991 e. The summed E-state index contributed by atoms with van der Waals surface area (Å²) in [6.45, 7) is 0. The number of rotatable bonds is 0. The Balaban J connectivity index is 2.75. The molecule has 1 saturated carbocycles. The number of nitrogens with two attached hydrogens (primary N) is 2. The molecule has 6 atom stereocenters. The van der Waals surface area contributed by atoms with Gasteiger partial charge in [-0.25, -0.2) is 0 Å². The standard InChI is InChI=1S/C8H18N2O4/c9-5-3(11)1-2-4(12)6(10)8(14)7(5)13/h3-8,11-14H,1-2,9-10H2/t3-,4+,5+,6-,7+,8-. The Morgan fingerprint density at radius 2 is 1.00 bits per heavy atom. The average molecular weight is 206 g/mol. The van der Waals surface area contributed by atoms with Crippen LogP contribution in [0.1, 0.15) is 12.8 Å². The van der Waals surface area contributed by atoms with Gasteiger partial charge in [0.2, 0.25) is 0 Å². The molecular formula is C8H18N2O4. The van der Waals surface area contributed by atoms with E-state index in [1.54, 1.807) is 0 Å². The molecule has 0 amide bonds. The highest BCUT2D eigenvalue weighted by atomic mass is 16.3. The van der Waals surface area contributed by atoms with E-state index in [0.717, 1.165) is 0 Å². The molecule has 1 aliphatic rings. The molecular weight excluding hydrogens is 188 g/mol. The van der Waals surface area contributed by atoms with Crippen LogP contribution in [0.3, 0.4) is 0 Å². The molecule has 8 N–H and O–H groups in total. The Morgan fingerprint density at radius 3 is 1.29 bits per heavy atom. The van der Waals surface area contributed by atoms with E-state index in [4.69, 9.17) is 11.5 Å². The summed E-state index contributed by atoms with van der Waals surface area (Å²) in [7, 11) is 0. The number of aliphatic hydroxyl groups is 4. The van der Waals surface area contributed by atoms with Gasteiger partial charge in [-0.05, 0) is 12.8 Å². The van der Waals surface area contributed by atoms with Crippen LogP contribution in [-0.4, -0.2) is 56.9 Å². The zero-order valence-corrected chi connectivity index (χ0v) is 7.82. The highest BCUT2D eigenvalue weighted by Gasteiger charge is 2.37. The third-order valence-electron chi connectivity index (χ3n) is 2.79. The minimum absolute atomic E-state index is 0.264. The minimum atomic E-state index is -1.31. The molecule has 0 saturated heterocycles. The molecule has 6 heteroatoms. The van der Waals surface area contributed by atoms with E-state index in [1.807, 2.05) is 0 Å². The maximum Gasteiger partial charge on any atom is 0.0991 e. The Labute approximate surface area is 82.1 Å². The van der Waals surface area contributed by atoms with Gasteiger partial charge in [0, 0.05) is 0 Å². The second-order valence-corrected chi connectivity index (χ2v) is 3.85. The first kappa shape index (κ1) is 11.8. The molecule has 0 aromatic heterocycles. The van der Waals surface area contributed by atoms with E-state index < -0.39 is 36.5 Å². The fraction of sp³-hybridized carbons (Fsp3) is 1.00. The molecule has 0 radical (unpaired) electrons. The van der Waals surface area contributed by atoms with Crippen molar-refractivity contribution in [2.24, 2.45) is 11.5 Å². The van der Waals surface area contributed by atoms with Crippen LogP contribution in [0.25, 0.3) is 0 Å². The van der Waals surface area contributed by atoms with Gasteiger partial charge in [-0.1, -0.05) is 0 Å². The third-order valence-corrected chi connectivity index (χ3v) is 2.79. The van der Waals surface area contributed by atoms with Gasteiger partial charge >= 0.3 is 0 Å². The monoisotopic (exact) mass is 206 g/mol. The van der Waals surface area contributed by atoms with Gasteiger partial charge in [-0.2, -0.15) is 0 Å². The first-order valence-corrected chi connectivity index (χ1v) is 4.68.